The molecule has 0 aliphatic heterocycles. The van der Waals surface area contributed by atoms with Crippen molar-refractivity contribution in [2.75, 3.05) is 0 Å². The molecule has 8 heteroatoms. The molecule has 0 fully saturated rings. The van der Waals surface area contributed by atoms with Crippen LogP contribution in [0, 0.1) is 0 Å². The predicted molar refractivity (Wildman–Crippen MR) is 66.8 cm³/mol. The zero-order valence-corrected chi connectivity index (χ0v) is 10.4. The second-order valence-corrected chi connectivity index (χ2v) is 3.89. The number of aromatic carboxylic acids is 1. The molecule has 0 saturated heterocycles. The Balaban J connectivity index is 1.81. The molecule has 1 aromatic heterocycles. The molecule has 2 amide bonds. The second-order valence-electron chi connectivity index (χ2n) is 3.89. The fourth-order valence-electron chi connectivity index (χ4n) is 1.49. The molecule has 1 heterocycles. The number of amides is 2. The number of carbonyl (C=O) groups excluding carboxylic acids is 1. The number of carboxylic acid groups (broad SMARTS) is 1. The number of benzene rings is 1. The number of carboxylic acids is 1. The van der Waals surface area contributed by atoms with Crippen LogP contribution in [-0.4, -0.2) is 27.2 Å². The second kappa shape index (κ2) is 6.32. The molecule has 0 saturated carbocycles. The molecule has 0 atom stereocenters. The smallest absolute Gasteiger partial charge is 0.335 e. The van der Waals surface area contributed by atoms with E-state index in [0.717, 1.165) is 0 Å². The number of hydrogen-bond acceptors (Lipinski definition) is 5. The number of hydrogen-bond donors (Lipinski definition) is 3. The largest absolute Gasteiger partial charge is 0.478 e. The van der Waals surface area contributed by atoms with E-state index >= 15 is 0 Å². The van der Waals surface area contributed by atoms with Gasteiger partial charge in [0, 0.05) is 6.54 Å². The van der Waals surface area contributed by atoms with Crippen LogP contribution in [0.1, 0.15) is 21.7 Å². The summed E-state index contributed by atoms with van der Waals surface area (Å²) in [5.74, 6) is -0.638. The van der Waals surface area contributed by atoms with Gasteiger partial charge in [-0.05, 0) is 17.7 Å². The number of aromatic nitrogens is 2. The summed E-state index contributed by atoms with van der Waals surface area (Å²) in [7, 11) is 0. The van der Waals surface area contributed by atoms with Crippen molar-refractivity contribution in [3.63, 3.8) is 0 Å². The average molecular weight is 276 g/mol. The average Bonchev–Trinajstić information content (AvgIpc) is 2.96. The third-order valence-corrected chi connectivity index (χ3v) is 2.44. The monoisotopic (exact) mass is 276 g/mol. The Kier molecular flexibility index (Phi) is 4.28. The lowest BCUT2D eigenvalue weighted by molar-refractivity contribution is 0.0696. The van der Waals surface area contributed by atoms with E-state index in [-0.39, 0.29) is 18.7 Å². The predicted octanol–water partition coefficient (Wildman–Crippen LogP) is 0.767. The van der Waals surface area contributed by atoms with E-state index in [1.807, 2.05) is 0 Å². The molecule has 0 bridgehead atoms. The first-order valence-electron chi connectivity index (χ1n) is 5.74. The highest BCUT2D eigenvalue weighted by atomic mass is 16.5. The lowest BCUT2D eigenvalue weighted by Gasteiger charge is -2.06. The molecule has 2 rings (SSSR count). The lowest BCUT2D eigenvalue weighted by atomic mass is 10.1. The first kappa shape index (κ1) is 13.5. The van der Waals surface area contributed by atoms with Crippen molar-refractivity contribution in [1.29, 1.82) is 0 Å². The van der Waals surface area contributed by atoms with Crippen molar-refractivity contribution in [3.8, 4) is 0 Å². The molecule has 20 heavy (non-hydrogen) atoms. The standard InChI is InChI=1S/C12H12N4O4/c17-11(18)9-3-1-2-8(4-9)5-13-12(19)14-6-10-15-7-20-16-10/h1-4,7H,5-6H2,(H,17,18)(H2,13,14,19). The summed E-state index contributed by atoms with van der Waals surface area (Å²) in [6.45, 7) is 0.372. The first-order valence-corrected chi connectivity index (χ1v) is 5.74. The van der Waals surface area contributed by atoms with Gasteiger partial charge in [-0.1, -0.05) is 17.3 Å². The van der Waals surface area contributed by atoms with Crippen LogP contribution in [0.25, 0.3) is 0 Å². The van der Waals surface area contributed by atoms with Gasteiger partial charge in [-0.15, -0.1) is 0 Å². The maximum Gasteiger partial charge on any atom is 0.335 e. The Morgan fingerprint density at radius 2 is 2.05 bits per heavy atom. The van der Waals surface area contributed by atoms with Gasteiger partial charge in [-0.25, -0.2) is 9.59 Å². The highest BCUT2D eigenvalue weighted by molar-refractivity contribution is 5.87. The third-order valence-electron chi connectivity index (χ3n) is 2.44. The Labute approximate surface area is 113 Å². The molecular formula is C12H12N4O4. The number of nitrogens with one attached hydrogen (secondary N) is 2. The Morgan fingerprint density at radius 3 is 2.75 bits per heavy atom. The third kappa shape index (κ3) is 3.80. The molecular weight excluding hydrogens is 264 g/mol. The maximum atomic E-state index is 11.5. The van der Waals surface area contributed by atoms with Crippen LogP contribution in [-0.2, 0) is 13.1 Å². The van der Waals surface area contributed by atoms with Crippen LogP contribution in [0.2, 0.25) is 0 Å². The number of urea groups is 1. The summed E-state index contributed by atoms with van der Waals surface area (Å²) in [4.78, 5) is 26.1. The minimum absolute atomic E-state index is 0.150. The fourth-order valence-corrected chi connectivity index (χ4v) is 1.49. The van der Waals surface area contributed by atoms with Gasteiger partial charge in [0.15, 0.2) is 5.82 Å². The Hall–Kier alpha value is -2.90. The zero-order chi connectivity index (χ0) is 14.4. The van der Waals surface area contributed by atoms with E-state index in [1.54, 1.807) is 12.1 Å². The minimum Gasteiger partial charge on any atom is -0.478 e. The highest BCUT2D eigenvalue weighted by Gasteiger charge is 2.05. The van der Waals surface area contributed by atoms with Gasteiger partial charge in [-0.2, -0.15) is 4.98 Å². The quantitative estimate of drug-likeness (QED) is 0.742. The van der Waals surface area contributed by atoms with Crippen LogP contribution >= 0.6 is 0 Å². The summed E-state index contributed by atoms with van der Waals surface area (Å²) in [6.07, 6.45) is 1.17. The van der Waals surface area contributed by atoms with Gasteiger partial charge in [0.25, 0.3) is 0 Å². The van der Waals surface area contributed by atoms with Gasteiger partial charge in [-0.3, -0.25) is 0 Å². The van der Waals surface area contributed by atoms with Crippen molar-refractivity contribution in [3.05, 3.63) is 47.6 Å². The van der Waals surface area contributed by atoms with E-state index < -0.39 is 12.0 Å². The fraction of sp³-hybridized carbons (Fsp3) is 0.167. The number of carbonyl (C=O) groups is 2. The van der Waals surface area contributed by atoms with Crippen molar-refractivity contribution in [2.24, 2.45) is 0 Å². The summed E-state index contributed by atoms with van der Waals surface area (Å²) in [5.41, 5.74) is 0.871. The normalized spacial score (nSPS) is 10.0. The van der Waals surface area contributed by atoms with E-state index in [1.165, 1.54) is 18.5 Å². The van der Waals surface area contributed by atoms with Crippen LogP contribution in [0.5, 0.6) is 0 Å². The summed E-state index contributed by atoms with van der Waals surface area (Å²) in [6, 6.07) is 5.93. The van der Waals surface area contributed by atoms with Crippen LogP contribution < -0.4 is 10.6 Å². The van der Waals surface area contributed by atoms with Crippen LogP contribution in [0.4, 0.5) is 4.79 Å². The molecule has 3 N–H and O–H groups in total. The SMILES string of the molecule is O=C(NCc1cccc(C(=O)O)c1)NCc1ncon1. The Bertz CT molecular complexity index is 597. The van der Waals surface area contributed by atoms with Gasteiger partial charge < -0.3 is 20.3 Å². The highest BCUT2D eigenvalue weighted by Crippen LogP contribution is 2.04. The zero-order valence-electron chi connectivity index (χ0n) is 10.4. The van der Waals surface area contributed by atoms with E-state index in [2.05, 4.69) is 25.3 Å². The summed E-state index contributed by atoms with van der Waals surface area (Å²) >= 11 is 0. The molecule has 104 valence electrons. The van der Waals surface area contributed by atoms with E-state index in [9.17, 15) is 9.59 Å². The molecule has 8 nitrogen and oxygen atoms in total. The molecule has 0 radical (unpaired) electrons. The van der Waals surface area contributed by atoms with Gasteiger partial charge in [0.05, 0.1) is 12.1 Å². The summed E-state index contributed by atoms with van der Waals surface area (Å²) in [5, 5.41) is 17.5. The van der Waals surface area contributed by atoms with Gasteiger partial charge in [0.2, 0.25) is 6.39 Å². The molecule has 0 aliphatic carbocycles. The van der Waals surface area contributed by atoms with Crippen molar-refractivity contribution in [1.82, 2.24) is 20.8 Å². The molecule has 0 spiro atoms. The molecule has 1 aromatic carbocycles. The van der Waals surface area contributed by atoms with Crippen LogP contribution in [0.3, 0.4) is 0 Å². The van der Waals surface area contributed by atoms with Crippen molar-refractivity contribution in [2.45, 2.75) is 13.1 Å². The van der Waals surface area contributed by atoms with Crippen molar-refractivity contribution < 1.29 is 19.2 Å². The van der Waals surface area contributed by atoms with E-state index in [4.69, 9.17) is 5.11 Å². The lowest BCUT2D eigenvalue weighted by Crippen LogP contribution is -2.34. The minimum atomic E-state index is -1.01. The Morgan fingerprint density at radius 1 is 1.25 bits per heavy atom. The number of nitrogens with zero attached hydrogens (tertiary/aromatic N) is 2. The van der Waals surface area contributed by atoms with Crippen LogP contribution in [0.15, 0.2) is 35.2 Å². The molecule has 0 unspecified atom stereocenters. The van der Waals surface area contributed by atoms with E-state index in [0.29, 0.717) is 11.4 Å². The molecule has 0 aliphatic rings. The topological polar surface area (TPSA) is 117 Å². The van der Waals surface area contributed by atoms with Gasteiger partial charge in [0.1, 0.15) is 0 Å². The van der Waals surface area contributed by atoms with Gasteiger partial charge >= 0.3 is 12.0 Å². The molecule has 2 aromatic rings. The maximum absolute atomic E-state index is 11.5. The number of rotatable bonds is 5. The first-order chi connectivity index (χ1) is 9.65. The summed E-state index contributed by atoms with van der Waals surface area (Å²) < 4.78 is 4.52. The van der Waals surface area contributed by atoms with Crippen molar-refractivity contribution >= 4 is 12.0 Å².